The first-order valence-electron chi connectivity index (χ1n) is 10.4. The van der Waals surface area contributed by atoms with Gasteiger partial charge in [0.25, 0.3) is 0 Å². The number of aromatic nitrogens is 1. The Morgan fingerprint density at radius 3 is 1.97 bits per heavy atom. The molecule has 32 heavy (non-hydrogen) atoms. The molecule has 0 amide bonds. The van der Waals surface area contributed by atoms with Crippen molar-refractivity contribution in [2.75, 3.05) is 0 Å². The average molecular weight is 522 g/mol. The van der Waals surface area contributed by atoms with E-state index in [4.69, 9.17) is 16.0 Å². The van der Waals surface area contributed by atoms with Crippen LogP contribution in [-0.4, -0.2) is 14.0 Å². The second-order valence-corrected chi connectivity index (χ2v) is 11.9. The molecule has 3 aromatic carbocycles. The van der Waals surface area contributed by atoms with Gasteiger partial charge in [-0.25, -0.2) is 0 Å². The summed E-state index contributed by atoms with van der Waals surface area (Å²) in [6.45, 7) is 6.62. The maximum Gasteiger partial charge on any atom is 0.352 e. The molecule has 0 N–H and O–H groups in total. The van der Waals surface area contributed by atoms with E-state index >= 15 is 0 Å². The lowest BCUT2D eigenvalue weighted by Gasteiger charge is -2.24. The molecule has 0 bridgehead atoms. The van der Waals surface area contributed by atoms with Gasteiger partial charge in [0.15, 0.2) is 0 Å². The zero-order chi connectivity index (χ0) is 22.7. The van der Waals surface area contributed by atoms with E-state index in [2.05, 4.69) is 108 Å². The van der Waals surface area contributed by atoms with Crippen LogP contribution in [0.2, 0.25) is 5.02 Å². The summed E-state index contributed by atoms with van der Waals surface area (Å²) in [5.74, 6) is 0.802. The summed E-state index contributed by atoms with van der Waals surface area (Å²) >= 11 is 10.0. The smallest absolute Gasteiger partial charge is 0.352 e. The minimum absolute atomic E-state index is 0.0139. The second kappa shape index (κ2) is 9.61. The fourth-order valence-corrected chi connectivity index (χ4v) is 6.13. The largest absolute Gasteiger partial charge is 0.532 e. The number of benzene rings is 3. The molecule has 0 unspecified atom stereocenters. The Balaban J connectivity index is 1.87. The maximum absolute atomic E-state index is 6.88. The van der Waals surface area contributed by atoms with Crippen LogP contribution >= 0.6 is 27.5 Å². The highest BCUT2D eigenvalue weighted by Gasteiger charge is 2.25. The summed E-state index contributed by atoms with van der Waals surface area (Å²) in [5.41, 5.74) is 2.80. The van der Waals surface area contributed by atoms with E-state index in [9.17, 15) is 0 Å². The molecule has 0 saturated carbocycles. The molecule has 1 heterocycles. The molecule has 0 aliphatic rings. The standard InChI is InChI=1S/C27H24BrClNOSi/c1-27(2,3)19-14-15-23(26-24(29)17-20(28)18-30-26)25(16-19)31-32(21-10-6-4-7-11-21)22-12-8-5-9-13-22/h4-18H,1-3H3. The number of halogens is 2. The lowest BCUT2D eigenvalue weighted by Crippen LogP contribution is -2.47. The highest BCUT2D eigenvalue weighted by atomic mass is 79.9. The summed E-state index contributed by atoms with van der Waals surface area (Å²) in [5, 5.41) is 2.96. The summed E-state index contributed by atoms with van der Waals surface area (Å²) in [4.78, 5) is 4.61. The molecular weight excluding hydrogens is 498 g/mol. The lowest BCUT2D eigenvalue weighted by molar-refractivity contribution is 0.567. The summed E-state index contributed by atoms with van der Waals surface area (Å²) in [6.07, 6.45) is 1.77. The van der Waals surface area contributed by atoms with Gasteiger partial charge in [-0.2, -0.15) is 0 Å². The fourth-order valence-electron chi connectivity index (χ4n) is 3.46. The first kappa shape index (κ1) is 22.8. The van der Waals surface area contributed by atoms with Crippen molar-refractivity contribution in [3.63, 3.8) is 0 Å². The Hall–Kier alpha value is -2.40. The van der Waals surface area contributed by atoms with Gasteiger partial charge < -0.3 is 4.43 Å². The SMILES string of the molecule is CC(C)(C)c1ccc(-c2ncc(Br)cc2Cl)c(O[Si](c2ccccc2)c2ccccc2)c1. The van der Waals surface area contributed by atoms with E-state index in [1.165, 1.54) is 15.9 Å². The Bertz CT molecular complexity index is 1170. The van der Waals surface area contributed by atoms with Crippen LogP contribution in [0.5, 0.6) is 5.75 Å². The van der Waals surface area contributed by atoms with Crippen LogP contribution in [-0.2, 0) is 5.41 Å². The van der Waals surface area contributed by atoms with Gasteiger partial charge in [0.2, 0.25) is 0 Å². The Labute approximate surface area is 205 Å². The van der Waals surface area contributed by atoms with E-state index in [0.717, 1.165) is 15.8 Å². The van der Waals surface area contributed by atoms with E-state index in [1.807, 2.05) is 18.2 Å². The zero-order valence-electron chi connectivity index (χ0n) is 18.3. The van der Waals surface area contributed by atoms with Crippen molar-refractivity contribution < 1.29 is 4.43 Å². The van der Waals surface area contributed by atoms with Crippen molar-refractivity contribution in [1.29, 1.82) is 0 Å². The van der Waals surface area contributed by atoms with Crippen LogP contribution in [0.4, 0.5) is 0 Å². The third-order valence-corrected chi connectivity index (χ3v) is 8.06. The lowest BCUT2D eigenvalue weighted by atomic mass is 9.86. The van der Waals surface area contributed by atoms with E-state index in [0.29, 0.717) is 10.7 Å². The van der Waals surface area contributed by atoms with Crippen molar-refractivity contribution in [3.8, 4) is 17.0 Å². The zero-order valence-corrected chi connectivity index (χ0v) is 21.6. The van der Waals surface area contributed by atoms with Gasteiger partial charge in [0.05, 0.1) is 10.7 Å². The van der Waals surface area contributed by atoms with Gasteiger partial charge in [-0.05, 0) is 55.5 Å². The normalized spacial score (nSPS) is 11.6. The molecule has 5 heteroatoms. The molecule has 0 spiro atoms. The van der Waals surface area contributed by atoms with Crippen LogP contribution in [0.15, 0.2) is 95.6 Å². The van der Waals surface area contributed by atoms with E-state index in [1.54, 1.807) is 6.20 Å². The van der Waals surface area contributed by atoms with Crippen molar-refractivity contribution in [3.05, 3.63) is 106 Å². The van der Waals surface area contributed by atoms with Gasteiger partial charge in [-0.3, -0.25) is 4.98 Å². The first-order valence-corrected chi connectivity index (χ1v) is 13.0. The van der Waals surface area contributed by atoms with Gasteiger partial charge in [-0.1, -0.05) is 99.1 Å². The predicted octanol–water partition coefficient (Wildman–Crippen LogP) is 6.65. The Morgan fingerprint density at radius 2 is 1.44 bits per heavy atom. The molecule has 0 aliphatic carbocycles. The number of hydrogen-bond acceptors (Lipinski definition) is 2. The molecule has 0 aliphatic heterocycles. The van der Waals surface area contributed by atoms with Crippen molar-refractivity contribution in [2.45, 2.75) is 26.2 Å². The first-order chi connectivity index (χ1) is 15.3. The highest BCUT2D eigenvalue weighted by Crippen LogP contribution is 2.37. The molecule has 0 saturated heterocycles. The molecule has 1 radical (unpaired) electrons. The summed E-state index contributed by atoms with van der Waals surface area (Å²) < 4.78 is 7.73. The number of hydrogen-bond donors (Lipinski definition) is 0. The molecule has 0 atom stereocenters. The molecule has 4 rings (SSSR count). The average Bonchev–Trinajstić information content (AvgIpc) is 2.78. The minimum Gasteiger partial charge on any atom is -0.532 e. The second-order valence-electron chi connectivity index (χ2n) is 8.61. The number of rotatable bonds is 5. The Morgan fingerprint density at radius 1 is 0.844 bits per heavy atom. The van der Waals surface area contributed by atoms with E-state index in [-0.39, 0.29) is 5.41 Å². The van der Waals surface area contributed by atoms with Crippen LogP contribution in [0.3, 0.4) is 0 Å². The van der Waals surface area contributed by atoms with Gasteiger partial charge >= 0.3 is 9.04 Å². The van der Waals surface area contributed by atoms with E-state index < -0.39 is 9.04 Å². The monoisotopic (exact) mass is 520 g/mol. The number of pyridine rings is 1. The third-order valence-electron chi connectivity index (χ3n) is 5.19. The van der Waals surface area contributed by atoms with Crippen LogP contribution in [0.25, 0.3) is 11.3 Å². The predicted molar refractivity (Wildman–Crippen MR) is 140 cm³/mol. The molecule has 1 aromatic heterocycles. The van der Waals surface area contributed by atoms with Crippen LogP contribution in [0.1, 0.15) is 26.3 Å². The van der Waals surface area contributed by atoms with Crippen molar-refractivity contribution in [1.82, 2.24) is 4.98 Å². The summed E-state index contributed by atoms with van der Waals surface area (Å²) in [7, 11) is -1.54. The molecule has 4 aromatic rings. The van der Waals surface area contributed by atoms with Crippen LogP contribution in [0, 0.1) is 0 Å². The van der Waals surface area contributed by atoms with Gasteiger partial charge in [0.1, 0.15) is 5.75 Å². The highest BCUT2D eigenvalue weighted by molar-refractivity contribution is 9.10. The topological polar surface area (TPSA) is 22.1 Å². The molecule has 2 nitrogen and oxygen atoms in total. The Kier molecular flexibility index (Phi) is 6.84. The fraction of sp³-hybridized carbons (Fsp3) is 0.148. The minimum atomic E-state index is -1.54. The maximum atomic E-state index is 6.88. The van der Waals surface area contributed by atoms with Gasteiger partial charge in [-0.15, -0.1) is 0 Å². The van der Waals surface area contributed by atoms with Crippen molar-refractivity contribution in [2.24, 2.45) is 0 Å². The van der Waals surface area contributed by atoms with Gasteiger partial charge in [0, 0.05) is 16.2 Å². The van der Waals surface area contributed by atoms with Crippen molar-refractivity contribution >= 4 is 46.9 Å². The quantitative estimate of drug-likeness (QED) is 0.274. The molecular formula is C27H24BrClNOSi. The van der Waals surface area contributed by atoms with Crippen LogP contribution < -0.4 is 14.8 Å². The summed E-state index contributed by atoms with van der Waals surface area (Å²) in [6, 6.07) is 29.1. The molecule has 161 valence electrons. The molecule has 0 fully saturated rings. The third kappa shape index (κ3) is 5.15. The number of nitrogens with zero attached hydrogens (tertiary/aromatic N) is 1.